The van der Waals surface area contributed by atoms with Gasteiger partial charge in [0, 0.05) is 6.42 Å². The Hall–Kier alpha value is -3.22. The molecular weight excluding hydrogens is 352 g/mol. The molecule has 0 aliphatic carbocycles. The fourth-order valence-corrected chi connectivity index (χ4v) is 2.52. The number of benzene rings is 2. The Morgan fingerprint density at radius 3 is 2.37 bits per heavy atom. The fraction of sp³-hybridized carbons (Fsp3) is 0.300. The molecule has 7 heteroatoms. The van der Waals surface area contributed by atoms with Crippen LogP contribution >= 0.6 is 0 Å². The maximum atomic E-state index is 10.5. The molecule has 2 aromatic rings. The summed E-state index contributed by atoms with van der Waals surface area (Å²) in [5.41, 5.74) is 1.66. The zero-order valence-corrected chi connectivity index (χ0v) is 15.0. The summed E-state index contributed by atoms with van der Waals surface area (Å²) in [5.74, 6) is 0.441. The Morgan fingerprint density at radius 2 is 1.70 bits per heavy atom. The number of carbonyl (C=O) groups is 2. The average Bonchev–Trinajstić information content (AvgIpc) is 2.66. The molecule has 0 unspecified atom stereocenters. The minimum atomic E-state index is -0.846. The number of carboxylic acids is 2. The van der Waals surface area contributed by atoms with Crippen molar-refractivity contribution in [2.24, 2.45) is 0 Å². The van der Waals surface area contributed by atoms with Gasteiger partial charge < -0.3 is 24.4 Å². The van der Waals surface area contributed by atoms with Gasteiger partial charge in [0.05, 0.1) is 13.5 Å². The van der Waals surface area contributed by atoms with Gasteiger partial charge in [-0.2, -0.15) is 0 Å². The lowest BCUT2D eigenvalue weighted by Crippen LogP contribution is -2.15. The van der Waals surface area contributed by atoms with E-state index in [-0.39, 0.29) is 12.8 Å². The van der Waals surface area contributed by atoms with E-state index in [0.717, 1.165) is 16.9 Å². The van der Waals surface area contributed by atoms with Crippen LogP contribution in [0.2, 0.25) is 0 Å². The second kappa shape index (κ2) is 10.1. The minimum absolute atomic E-state index is 0.0106. The van der Waals surface area contributed by atoms with Crippen molar-refractivity contribution in [3.05, 3.63) is 53.6 Å². The van der Waals surface area contributed by atoms with Gasteiger partial charge >= 0.3 is 11.9 Å². The van der Waals surface area contributed by atoms with Crippen molar-refractivity contribution in [3.8, 4) is 17.2 Å². The number of ether oxygens (including phenoxy) is 3. The standard InChI is InChI=1S/C10H10O4.C10H12O3/c11-10(12)6-7-1-2-8-9(5-7)14-4-3-13-8;1-13-9-5-3-2-4-8(9)6-7-10(11)12/h1-2,5H,3-4,6H2,(H,11,12);2-5H,6-7H2,1H3,(H,11,12). The van der Waals surface area contributed by atoms with Gasteiger partial charge in [-0.25, -0.2) is 0 Å². The van der Waals surface area contributed by atoms with Crippen molar-refractivity contribution >= 4 is 11.9 Å². The first-order valence-electron chi connectivity index (χ1n) is 8.43. The lowest BCUT2D eigenvalue weighted by atomic mass is 10.1. The molecule has 7 nitrogen and oxygen atoms in total. The van der Waals surface area contributed by atoms with E-state index in [1.807, 2.05) is 24.3 Å². The molecule has 0 fully saturated rings. The van der Waals surface area contributed by atoms with Crippen LogP contribution in [0, 0.1) is 0 Å². The van der Waals surface area contributed by atoms with Crippen molar-refractivity contribution in [2.75, 3.05) is 20.3 Å². The summed E-state index contributed by atoms with van der Waals surface area (Å²) in [5, 5.41) is 17.1. The fourth-order valence-electron chi connectivity index (χ4n) is 2.52. The Balaban J connectivity index is 0.000000194. The van der Waals surface area contributed by atoms with Crippen LogP contribution in [0.1, 0.15) is 17.5 Å². The molecule has 1 aliphatic heterocycles. The monoisotopic (exact) mass is 374 g/mol. The van der Waals surface area contributed by atoms with Gasteiger partial charge in [0.25, 0.3) is 0 Å². The van der Waals surface area contributed by atoms with E-state index in [1.165, 1.54) is 0 Å². The van der Waals surface area contributed by atoms with Gasteiger partial charge in [-0.15, -0.1) is 0 Å². The lowest BCUT2D eigenvalue weighted by Gasteiger charge is -2.18. The van der Waals surface area contributed by atoms with Crippen LogP contribution in [0.3, 0.4) is 0 Å². The number of aliphatic carboxylic acids is 2. The lowest BCUT2D eigenvalue weighted by molar-refractivity contribution is -0.137. The number of fused-ring (bicyclic) bond motifs is 1. The van der Waals surface area contributed by atoms with Gasteiger partial charge in [0.15, 0.2) is 11.5 Å². The van der Waals surface area contributed by atoms with Crippen LogP contribution in [0.5, 0.6) is 17.2 Å². The van der Waals surface area contributed by atoms with Crippen LogP contribution in [0.4, 0.5) is 0 Å². The highest BCUT2D eigenvalue weighted by molar-refractivity contribution is 5.70. The zero-order valence-electron chi connectivity index (χ0n) is 15.0. The molecule has 0 radical (unpaired) electrons. The summed E-state index contributed by atoms with van der Waals surface area (Å²) in [6.07, 6.45) is 0.663. The molecule has 0 bridgehead atoms. The van der Waals surface area contributed by atoms with Gasteiger partial charge in [0.1, 0.15) is 19.0 Å². The third kappa shape index (κ3) is 6.54. The normalized spacial score (nSPS) is 11.7. The molecule has 2 aromatic carbocycles. The van der Waals surface area contributed by atoms with E-state index in [4.69, 9.17) is 24.4 Å². The number of aryl methyl sites for hydroxylation is 1. The van der Waals surface area contributed by atoms with Gasteiger partial charge in [0.2, 0.25) is 0 Å². The first kappa shape index (κ1) is 20.1. The summed E-state index contributed by atoms with van der Waals surface area (Å²) in [6, 6.07) is 12.6. The molecule has 0 aromatic heterocycles. The third-order valence-electron chi connectivity index (χ3n) is 3.76. The Morgan fingerprint density at radius 1 is 1.00 bits per heavy atom. The SMILES string of the molecule is COc1ccccc1CCC(=O)O.O=C(O)Cc1ccc2c(c1)OCCO2. The summed E-state index contributed by atoms with van der Waals surface area (Å²) in [6.45, 7) is 1.06. The maximum absolute atomic E-state index is 10.5. The number of hydrogen-bond acceptors (Lipinski definition) is 5. The van der Waals surface area contributed by atoms with E-state index in [9.17, 15) is 9.59 Å². The van der Waals surface area contributed by atoms with Crippen molar-refractivity contribution in [2.45, 2.75) is 19.3 Å². The highest BCUT2D eigenvalue weighted by Crippen LogP contribution is 2.30. The second-order valence-corrected chi connectivity index (χ2v) is 5.75. The van der Waals surface area contributed by atoms with Crippen molar-refractivity contribution < 1.29 is 34.0 Å². The van der Waals surface area contributed by atoms with Gasteiger partial charge in [-0.3, -0.25) is 9.59 Å². The Kier molecular flexibility index (Phi) is 7.49. The maximum Gasteiger partial charge on any atom is 0.307 e. The van der Waals surface area contributed by atoms with E-state index in [1.54, 1.807) is 25.3 Å². The number of methoxy groups -OCH3 is 1. The molecule has 27 heavy (non-hydrogen) atoms. The van der Waals surface area contributed by atoms with Crippen LogP contribution < -0.4 is 14.2 Å². The van der Waals surface area contributed by atoms with Gasteiger partial charge in [-0.05, 0) is 35.7 Å². The summed E-state index contributed by atoms with van der Waals surface area (Å²) < 4.78 is 15.7. The van der Waals surface area contributed by atoms with E-state index in [2.05, 4.69) is 0 Å². The largest absolute Gasteiger partial charge is 0.496 e. The van der Waals surface area contributed by atoms with Gasteiger partial charge in [-0.1, -0.05) is 24.3 Å². The Labute approximate surface area is 157 Å². The quantitative estimate of drug-likeness (QED) is 0.801. The molecule has 1 heterocycles. The molecule has 0 saturated carbocycles. The summed E-state index contributed by atoms with van der Waals surface area (Å²) in [4.78, 5) is 20.8. The average molecular weight is 374 g/mol. The molecule has 3 rings (SSSR count). The molecule has 144 valence electrons. The first-order valence-corrected chi connectivity index (χ1v) is 8.43. The number of hydrogen-bond donors (Lipinski definition) is 2. The highest BCUT2D eigenvalue weighted by atomic mass is 16.6. The molecule has 0 atom stereocenters. The second-order valence-electron chi connectivity index (χ2n) is 5.75. The van der Waals surface area contributed by atoms with Crippen LogP contribution in [0.15, 0.2) is 42.5 Å². The molecule has 2 N–H and O–H groups in total. The number of rotatable bonds is 6. The summed E-state index contributed by atoms with van der Waals surface area (Å²) >= 11 is 0. The van der Waals surface area contributed by atoms with Crippen LogP contribution in [-0.4, -0.2) is 42.5 Å². The van der Waals surface area contributed by atoms with E-state index < -0.39 is 11.9 Å². The predicted molar refractivity (Wildman–Crippen MR) is 97.7 cm³/mol. The van der Waals surface area contributed by atoms with Crippen LogP contribution in [-0.2, 0) is 22.4 Å². The van der Waals surface area contributed by atoms with Crippen molar-refractivity contribution in [1.29, 1.82) is 0 Å². The first-order chi connectivity index (χ1) is 13.0. The zero-order chi connectivity index (χ0) is 19.6. The highest BCUT2D eigenvalue weighted by Gasteiger charge is 2.12. The molecule has 0 spiro atoms. The molecule has 1 aliphatic rings. The summed E-state index contributed by atoms with van der Waals surface area (Å²) in [7, 11) is 1.58. The van der Waals surface area contributed by atoms with Crippen molar-refractivity contribution in [3.63, 3.8) is 0 Å². The Bertz CT molecular complexity index is 786. The third-order valence-corrected chi connectivity index (χ3v) is 3.76. The number of para-hydroxylation sites is 1. The smallest absolute Gasteiger partial charge is 0.307 e. The van der Waals surface area contributed by atoms with E-state index in [0.29, 0.717) is 31.1 Å². The predicted octanol–water partition coefficient (Wildman–Crippen LogP) is 2.80. The topological polar surface area (TPSA) is 102 Å². The number of carboxylic acid groups (broad SMARTS) is 2. The minimum Gasteiger partial charge on any atom is -0.496 e. The molecular formula is C20H22O7. The van der Waals surface area contributed by atoms with Crippen LogP contribution in [0.25, 0.3) is 0 Å². The van der Waals surface area contributed by atoms with Crippen molar-refractivity contribution in [1.82, 2.24) is 0 Å². The molecule has 0 amide bonds. The molecule has 0 saturated heterocycles. The van der Waals surface area contributed by atoms with E-state index >= 15 is 0 Å².